The summed E-state index contributed by atoms with van der Waals surface area (Å²) in [5, 5.41) is 23.4. The zero-order valence-electron chi connectivity index (χ0n) is 11.1. The Morgan fingerprint density at radius 1 is 1.60 bits per heavy atom. The number of amides is 1. The number of carbonyl (C=O) groups is 1. The first-order valence-corrected chi connectivity index (χ1v) is 6.25. The fourth-order valence-corrected chi connectivity index (χ4v) is 2.08. The van der Waals surface area contributed by atoms with Crippen molar-refractivity contribution >= 4 is 11.6 Å². The number of nitrogens with zero attached hydrogens (tertiary/aromatic N) is 1. The lowest BCUT2D eigenvalue weighted by molar-refractivity contribution is -0.385. The molecule has 20 heavy (non-hydrogen) atoms. The maximum absolute atomic E-state index is 11.9. The second-order valence-corrected chi connectivity index (χ2v) is 4.97. The molecule has 1 saturated heterocycles. The Morgan fingerprint density at radius 3 is 2.90 bits per heavy atom. The van der Waals surface area contributed by atoms with E-state index in [0.29, 0.717) is 24.2 Å². The molecule has 0 bridgehead atoms. The third-order valence-electron chi connectivity index (χ3n) is 3.32. The summed E-state index contributed by atoms with van der Waals surface area (Å²) < 4.78 is 5.08. The number of benzene rings is 1. The highest BCUT2D eigenvalue weighted by molar-refractivity contribution is 5.94. The molecule has 0 aliphatic carbocycles. The molecule has 0 aromatic heterocycles. The normalized spacial score (nSPS) is 21.7. The van der Waals surface area contributed by atoms with Crippen LogP contribution in [0.3, 0.4) is 0 Å². The Balaban J connectivity index is 2.02. The van der Waals surface area contributed by atoms with Crippen LogP contribution in [0.5, 0.6) is 0 Å². The van der Waals surface area contributed by atoms with E-state index >= 15 is 0 Å². The van der Waals surface area contributed by atoms with Crippen LogP contribution in [0.4, 0.5) is 5.69 Å². The molecule has 7 nitrogen and oxygen atoms in total. The molecular formula is C13H16N2O5. The van der Waals surface area contributed by atoms with Crippen LogP contribution in [0, 0.1) is 17.0 Å². The standard InChI is InChI=1S/C13H16N2O5/c1-9-6-10(2-3-11(9)15(18)19)12(16)14-7-13(17)4-5-20-8-13/h2-3,6,17H,4-5,7-8H2,1H3,(H,14,16). The lowest BCUT2D eigenvalue weighted by atomic mass is 10.0. The number of carbonyl (C=O) groups excluding carboxylic acids is 1. The van der Waals surface area contributed by atoms with Gasteiger partial charge in [0.2, 0.25) is 0 Å². The summed E-state index contributed by atoms with van der Waals surface area (Å²) in [6.45, 7) is 2.35. The first-order valence-electron chi connectivity index (χ1n) is 6.25. The molecule has 2 rings (SSSR count). The van der Waals surface area contributed by atoms with Crippen molar-refractivity contribution in [2.75, 3.05) is 19.8 Å². The summed E-state index contributed by atoms with van der Waals surface area (Å²) in [5.74, 6) is -0.372. The van der Waals surface area contributed by atoms with E-state index in [4.69, 9.17) is 4.74 Å². The summed E-state index contributed by atoms with van der Waals surface area (Å²) in [5.41, 5.74) is -0.295. The van der Waals surface area contributed by atoms with E-state index in [1.807, 2.05) is 0 Å². The Kier molecular flexibility index (Phi) is 4.01. The van der Waals surface area contributed by atoms with Gasteiger partial charge in [0, 0.05) is 36.8 Å². The molecule has 1 aromatic rings. The van der Waals surface area contributed by atoms with Crippen LogP contribution in [0.2, 0.25) is 0 Å². The first kappa shape index (κ1) is 14.4. The Bertz CT molecular complexity index is 538. The smallest absolute Gasteiger partial charge is 0.272 e. The Labute approximate surface area is 115 Å². The molecule has 1 aromatic carbocycles. The molecule has 1 unspecified atom stereocenters. The van der Waals surface area contributed by atoms with Gasteiger partial charge in [0.1, 0.15) is 5.60 Å². The Morgan fingerprint density at radius 2 is 2.35 bits per heavy atom. The van der Waals surface area contributed by atoms with E-state index in [2.05, 4.69) is 5.32 Å². The molecule has 0 spiro atoms. The van der Waals surface area contributed by atoms with Crippen molar-refractivity contribution in [2.24, 2.45) is 0 Å². The van der Waals surface area contributed by atoms with Gasteiger partial charge in [-0.25, -0.2) is 0 Å². The minimum Gasteiger partial charge on any atom is -0.386 e. The number of nitro benzene ring substituents is 1. The minimum absolute atomic E-state index is 0.0237. The van der Waals surface area contributed by atoms with E-state index in [1.54, 1.807) is 6.92 Å². The number of ether oxygens (including phenoxy) is 1. The van der Waals surface area contributed by atoms with Gasteiger partial charge in [0.25, 0.3) is 11.6 Å². The molecule has 108 valence electrons. The summed E-state index contributed by atoms with van der Waals surface area (Å²) in [6, 6.07) is 4.16. The highest BCUT2D eigenvalue weighted by Gasteiger charge is 2.32. The molecule has 1 amide bonds. The molecule has 7 heteroatoms. The number of nitrogens with one attached hydrogen (secondary N) is 1. The van der Waals surface area contributed by atoms with Crippen LogP contribution in [0.15, 0.2) is 18.2 Å². The summed E-state index contributed by atoms with van der Waals surface area (Å²) >= 11 is 0. The van der Waals surface area contributed by atoms with Crippen LogP contribution < -0.4 is 5.32 Å². The predicted molar refractivity (Wildman–Crippen MR) is 70.6 cm³/mol. The molecule has 0 radical (unpaired) electrons. The van der Waals surface area contributed by atoms with Gasteiger partial charge in [0.05, 0.1) is 11.5 Å². The zero-order chi connectivity index (χ0) is 14.8. The van der Waals surface area contributed by atoms with Crippen molar-refractivity contribution in [2.45, 2.75) is 18.9 Å². The average Bonchev–Trinajstić information content (AvgIpc) is 2.83. The molecular weight excluding hydrogens is 264 g/mol. The maximum atomic E-state index is 11.9. The predicted octanol–water partition coefficient (Wildman–Crippen LogP) is 0.784. The fourth-order valence-electron chi connectivity index (χ4n) is 2.08. The van der Waals surface area contributed by atoms with Gasteiger partial charge >= 0.3 is 0 Å². The van der Waals surface area contributed by atoms with Crippen molar-refractivity contribution in [3.63, 3.8) is 0 Å². The summed E-state index contributed by atoms with van der Waals surface area (Å²) in [7, 11) is 0. The highest BCUT2D eigenvalue weighted by atomic mass is 16.6. The van der Waals surface area contributed by atoms with Gasteiger partial charge < -0.3 is 15.2 Å². The topological polar surface area (TPSA) is 102 Å². The zero-order valence-corrected chi connectivity index (χ0v) is 11.1. The molecule has 1 fully saturated rings. The van der Waals surface area contributed by atoms with Crippen LogP contribution in [0.1, 0.15) is 22.3 Å². The SMILES string of the molecule is Cc1cc(C(=O)NCC2(O)CCOC2)ccc1[N+](=O)[O-]. The van der Waals surface area contributed by atoms with Gasteiger partial charge in [-0.3, -0.25) is 14.9 Å². The largest absolute Gasteiger partial charge is 0.386 e. The first-order chi connectivity index (χ1) is 9.41. The van der Waals surface area contributed by atoms with Crippen LogP contribution in [-0.2, 0) is 4.74 Å². The number of nitro groups is 1. The van der Waals surface area contributed by atoms with E-state index in [9.17, 15) is 20.0 Å². The van der Waals surface area contributed by atoms with E-state index in [1.165, 1.54) is 18.2 Å². The monoisotopic (exact) mass is 280 g/mol. The third kappa shape index (κ3) is 3.12. The molecule has 1 aliphatic heterocycles. The molecule has 1 atom stereocenters. The average molecular weight is 280 g/mol. The van der Waals surface area contributed by atoms with Crippen molar-refractivity contribution in [1.82, 2.24) is 5.32 Å². The van der Waals surface area contributed by atoms with Gasteiger partial charge in [0.15, 0.2) is 0 Å². The second-order valence-electron chi connectivity index (χ2n) is 4.97. The van der Waals surface area contributed by atoms with Gasteiger partial charge in [-0.15, -0.1) is 0 Å². The second kappa shape index (κ2) is 5.56. The number of aryl methyl sites for hydroxylation is 1. The van der Waals surface area contributed by atoms with Crippen LogP contribution >= 0.6 is 0 Å². The molecule has 1 aliphatic rings. The fraction of sp³-hybridized carbons (Fsp3) is 0.462. The highest BCUT2D eigenvalue weighted by Crippen LogP contribution is 2.20. The lowest BCUT2D eigenvalue weighted by Crippen LogP contribution is -2.43. The third-order valence-corrected chi connectivity index (χ3v) is 3.32. The van der Waals surface area contributed by atoms with Crippen LogP contribution in [-0.4, -0.2) is 41.3 Å². The van der Waals surface area contributed by atoms with Crippen molar-refractivity contribution < 1.29 is 19.6 Å². The summed E-state index contributed by atoms with van der Waals surface area (Å²) in [4.78, 5) is 22.2. The van der Waals surface area contributed by atoms with Crippen molar-refractivity contribution in [1.29, 1.82) is 0 Å². The van der Waals surface area contributed by atoms with Crippen LogP contribution in [0.25, 0.3) is 0 Å². The summed E-state index contributed by atoms with van der Waals surface area (Å²) in [6.07, 6.45) is 0.479. The van der Waals surface area contributed by atoms with Gasteiger partial charge in [-0.1, -0.05) is 0 Å². The Hall–Kier alpha value is -1.99. The maximum Gasteiger partial charge on any atom is 0.272 e. The van der Waals surface area contributed by atoms with Gasteiger partial charge in [-0.2, -0.15) is 0 Å². The van der Waals surface area contributed by atoms with E-state index in [-0.39, 0.29) is 24.7 Å². The molecule has 0 saturated carbocycles. The number of hydrogen-bond donors (Lipinski definition) is 2. The number of hydrogen-bond acceptors (Lipinski definition) is 5. The van der Waals surface area contributed by atoms with Crippen molar-refractivity contribution in [3.05, 3.63) is 39.4 Å². The van der Waals surface area contributed by atoms with Crippen molar-refractivity contribution in [3.8, 4) is 0 Å². The number of aliphatic hydroxyl groups is 1. The quantitative estimate of drug-likeness (QED) is 0.627. The lowest BCUT2D eigenvalue weighted by Gasteiger charge is -2.20. The van der Waals surface area contributed by atoms with E-state index in [0.717, 1.165) is 0 Å². The van der Waals surface area contributed by atoms with E-state index < -0.39 is 10.5 Å². The van der Waals surface area contributed by atoms with Gasteiger partial charge in [-0.05, 0) is 19.1 Å². The minimum atomic E-state index is -1.02. The molecule has 1 heterocycles. The molecule has 2 N–H and O–H groups in total. The number of rotatable bonds is 4.